The van der Waals surface area contributed by atoms with Gasteiger partial charge in [-0.1, -0.05) is 30.3 Å². The Balaban J connectivity index is 1.88. The van der Waals surface area contributed by atoms with Crippen LogP contribution in [0.15, 0.2) is 48.5 Å². The highest BCUT2D eigenvalue weighted by atomic mass is 16.7. The number of aliphatic hydroxyl groups excluding tert-OH is 1. The van der Waals surface area contributed by atoms with Crippen molar-refractivity contribution in [2.24, 2.45) is 0 Å². The molecule has 0 aliphatic carbocycles. The molecule has 2 aromatic carbocycles. The number of hydrogen-bond donors (Lipinski definition) is 2. The second kappa shape index (κ2) is 9.07. The number of aliphatic hydroxyl groups is 1. The maximum atomic E-state index is 12.3. The van der Waals surface area contributed by atoms with Gasteiger partial charge in [0.15, 0.2) is 0 Å². The van der Waals surface area contributed by atoms with E-state index >= 15 is 0 Å². The second-order valence-corrected chi connectivity index (χ2v) is 7.29. The van der Waals surface area contributed by atoms with E-state index in [0.29, 0.717) is 17.7 Å². The zero-order valence-electron chi connectivity index (χ0n) is 16.8. The van der Waals surface area contributed by atoms with Gasteiger partial charge in [-0.25, -0.2) is 0 Å². The summed E-state index contributed by atoms with van der Waals surface area (Å²) in [7, 11) is 3.42. The summed E-state index contributed by atoms with van der Waals surface area (Å²) in [5, 5.41) is 12.6. The van der Waals surface area contributed by atoms with E-state index in [1.807, 2.05) is 42.5 Å². The van der Waals surface area contributed by atoms with E-state index in [4.69, 9.17) is 9.47 Å². The van der Waals surface area contributed by atoms with Crippen LogP contribution in [0.5, 0.6) is 5.75 Å². The zero-order chi connectivity index (χ0) is 21.0. The Bertz CT molecular complexity index is 883. The predicted molar refractivity (Wildman–Crippen MR) is 108 cm³/mol. The van der Waals surface area contributed by atoms with Crippen LogP contribution >= 0.6 is 0 Å². The van der Waals surface area contributed by atoms with Gasteiger partial charge in [0.05, 0.1) is 18.8 Å². The van der Waals surface area contributed by atoms with Crippen molar-refractivity contribution in [2.75, 3.05) is 20.7 Å². The van der Waals surface area contributed by atoms with Gasteiger partial charge >= 0.3 is 0 Å². The van der Waals surface area contributed by atoms with Crippen LogP contribution in [0.25, 0.3) is 11.1 Å². The highest BCUT2D eigenvalue weighted by molar-refractivity contribution is 5.95. The molecule has 2 N–H and O–H groups in total. The number of nitrogens with one attached hydrogen (secondary N) is 1. The third kappa shape index (κ3) is 5.13. The lowest BCUT2D eigenvalue weighted by Crippen LogP contribution is -2.52. The lowest BCUT2D eigenvalue weighted by atomic mass is 10.0. The molecule has 0 spiro atoms. The minimum absolute atomic E-state index is 0.0828. The first-order valence-electron chi connectivity index (χ1n) is 9.49. The van der Waals surface area contributed by atoms with Crippen molar-refractivity contribution in [3.05, 3.63) is 54.1 Å². The van der Waals surface area contributed by atoms with Gasteiger partial charge in [0, 0.05) is 38.6 Å². The Labute approximate surface area is 170 Å². The normalized spacial score (nSPS) is 21.3. The minimum atomic E-state index is -0.727. The van der Waals surface area contributed by atoms with Crippen LogP contribution in [0.2, 0.25) is 0 Å². The molecular formula is C22H26N2O5. The first-order chi connectivity index (χ1) is 13.8. The number of amides is 2. The van der Waals surface area contributed by atoms with E-state index in [0.717, 1.165) is 11.1 Å². The molecule has 0 aromatic heterocycles. The lowest BCUT2D eigenvalue weighted by molar-refractivity contribution is -0.162. The number of nitrogens with zero attached hydrogens (tertiary/aromatic N) is 1. The fourth-order valence-electron chi connectivity index (χ4n) is 3.31. The summed E-state index contributed by atoms with van der Waals surface area (Å²) < 4.78 is 11.8. The van der Waals surface area contributed by atoms with Crippen LogP contribution in [0.1, 0.15) is 23.7 Å². The van der Waals surface area contributed by atoms with Crippen molar-refractivity contribution in [3.63, 3.8) is 0 Å². The highest BCUT2D eigenvalue weighted by Gasteiger charge is 2.33. The minimum Gasteiger partial charge on any atom is -0.462 e. The lowest BCUT2D eigenvalue weighted by Gasteiger charge is -2.34. The van der Waals surface area contributed by atoms with Crippen LogP contribution in [-0.4, -0.2) is 61.0 Å². The van der Waals surface area contributed by atoms with Crippen molar-refractivity contribution in [3.8, 4) is 16.9 Å². The Morgan fingerprint density at radius 2 is 1.93 bits per heavy atom. The molecule has 1 fully saturated rings. The molecule has 1 saturated heterocycles. The number of benzene rings is 2. The van der Waals surface area contributed by atoms with Gasteiger partial charge in [-0.15, -0.1) is 0 Å². The van der Waals surface area contributed by atoms with Crippen LogP contribution in [-0.2, 0) is 9.53 Å². The third-order valence-electron chi connectivity index (χ3n) is 4.65. The Kier molecular flexibility index (Phi) is 6.51. The second-order valence-electron chi connectivity index (χ2n) is 7.29. The summed E-state index contributed by atoms with van der Waals surface area (Å²) in [5.41, 5.74) is 2.22. The zero-order valence-corrected chi connectivity index (χ0v) is 16.8. The molecule has 0 saturated carbocycles. The molecule has 3 rings (SSSR count). The molecule has 1 aliphatic heterocycles. The molecule has 0 radical (unpaired) electrons. The number of hydrogen-bond acceptors (Lipinski definition) is 5. The van der Waals surface area contributed by atoms with Crippen molar-refractivity contribution in [1.29, 1.82) is 0 Å². The number of para-hydroxylation sites is 1. The van der Waals surface area contributed by atoms with Gasteiger partial charge in [0.1, 0.15) is 5.75 Å². The Morgan fingerprint density at radius 1 is 1.17 bits per heavy atom. The van der Waals surface area contributed by atoms with Gasteiger partial charge in [0.2, 0.25) is 12.2 Å². The molecule has 0 bridgehead atoms. The first-order valence-corrected chi connectivity index (χ1v) is 9.49. The molecule has 2 aromatic rings. The van der Waals surface area contributed by atoms with E-state index in [9.17, 15) is 14.7 Å². The largest absolute Gasteiger partial charge is 0.462 e. The molecule has 3 atom stereocenters. The quantitative estimate of drug-likeness (QED) is 0.805. The molecule has 1 aliphatic rings. The standard InChI is InChI=1S/C22H26N2O5/c1-14(25)23-19-12-17(26)13-28-22(19)29-20-10-5-4-9-18(20)15-7-6-8-16(11-15)21(27)24(2)3/h4-11,17,19,22,26H,12-13H2,1-3H3,(H,23,25)/t17-,19?,22+/m1/s1. The number of carbonyl (C=O) groups excluding carboxylic acids is 2. The van der Waals surface area contributed by atoms with Gasteiger partial charge < -0.3 is 24.8 Å². The topological polar surface area (TPSA) is 88.1 Å². The number of carbonyl (C=O) groups is 2. The molecule has 1 unspecified atom stereocenters. The van der Waals surface area contributed by atoms with Crippen LogP contribution < -0.4 is 10.1 Å². The summed E-state index contributed by atoms with van der Waals surface area (Å²) in [6, 6.07) is 14.3. The van der Waals surface area contributed by atoms with Crippen molar-refractivity contribution >= 4 is 11.8 Å². The van der Waals surface area contributed by atoms with Gasteiger partial charge in [-0.2, -0.15) is 0 Å². The summed E-state index contributed by atoms with van der Waals surface area (Å²) >= 11 is 0. The summed E-state index contributed by atoms with van der Waals surface area (Å²) in [6.07, 6.45) is -1.04. The summed E-state index contributed by atoms with van der Waals surface area (Å²) in [6.45, 7) is 1.55. The van der Waals surface area contributed by atoms with Crippen molar-refractivity contribution < 1.29 is 24.2 Å². The van der Waals surface area contributed by atoms with Crippen LogP contribution in [0.4, 0.5) is 0 Å². The Morgan fingerprint density at radius 3 is 2.66 bits per heavy atom. The van der Waals surface area contributed by atoms with E-state index < -0.39 is 18.4 Å². The molecule has 29 heavy (non-hydrogen) atoms. The van der Waals surface area contributed by atoms with E-state index in [2.05, 4.69) is 5.32 Å². The van der Waals surface area contributed by atoms with Crippen LogP contribution in [0.3, 0.4) is 0 Å². The highest BCUT2D eigenvalue weighted by Crippen LogP contribution is 2.32. The molecule has 7 nitrogen and oxygen atoms in total. The molecular weight excluding hydrogens is 372 g/mol. The van der Waals surface area contributed by atoms with Crippen molar-refractivity contribution in [2.45, 2.75) is 31.8 Å². The SMILES string of the molecule is CC(=O)NC1C[C@@H](O)CO[C@H]1Oc1ccccc1-c1cccc(C(=O)N(C)C)c1. The van der Waals surface area contributed by atoms with E-state index in [1.165, 1.54) is 11.8 Å². The maximum absolute atomic E-state index is 12.3. The molecule has 2 amide bonds. The summed E-state index contributed by atoms with van der Waals surface area (Å²) in [4.78, 5) is 25.4. The monoisotopic (exact) mass is 398 g/mol. The van der Waals surface area contributed by atoms with E-state index in [1.54, 1.807) is 20.2 Å². The smallest absolute Gasteiger partial charge is 0.253 e. The first kappa shape index (κ1) is 20.8. The fraction of sp³-hybridized carbons (Fsp3) is 0.364. The number of ether oxygens (including phenoxy) is 2. The third-order valence-corrected chi connectivity index (χ3v) is 4.65. The average molecular weight is 398 g/mol. The molecule has 154 valence electrons. The molecule has 1 heterocycles. The fourth-order valence-corrected chi connectivity index (χ4v) is 3.31. The predicted octanol–water partition coefficient (Wildman–Crippen LogP) is 2.05. The number of rotatable bonds is 5. The summed E-state index contributed by atoms with van der Waals surface area (Å²) in [5.74, 6) is 0.267. The molecule has 7 heteroatoms. The van der Waals surface area contributed by atoms with Crippen LogP contribution in [0, 0.1) is 0 Å². The average Bonchev–Trinajstić information content (AvgIpc) is 2.69. The van der Waals surface area contributed by atoms with Gasteiger partial charge in [0.25, 0.3) is 5.91 Å². The van der Waals surface area contributed by atoms with Gasteiger partial charge in [-0.05, 0) is 23.8 Å². The van der Waals surface area contributed by atoms with E-state index in [-0.39, 0.29) is 18.4 Å². The van der Waals surface area contributed by atoms with Gasteiger partial charge in [-0.3, -0.25) is 9.59 Å². The maximum Gasteiger partial charge on any atom is 0.253 e. The van der Waals surface area contributed by atoms with Crippen molar-refractivity contribution in [1.82, 2.24) is 10.2 Å². The Hall–Kier alpha value is -2.90.